The Hall–Kier alpha value is -1.78. The summed E-state index contributed by atoms with van der Waals surface area (Å²) in [6.45, 7) is 2.12. The molecule has 0 aliphatic heterocycles. The number of carboxylic acids is 1. The first-order valence-corrected chi connectivity index (χ1v) is 6.84. The number of carbonyl (C=O) groups is 1. The van der Waals surface area contributed by atoms with Gasteiger partial charge in [0, 0.05) is 12.2 Å². The summed E-state index contributed by atoms with van der Waals surface area (Å²) in [6.07, 6.45) is 7.77. The zero-order valence-electron chi connectivity index (χ0n) is 11.2. The molecule has 1 saturated carbocycles. The van der Waals surface area contributed by atoms with Gasteiger partial charge in [-0.15, -0.1) is 0 Å². The predicted octanol–water partition coefficient (Wildman–Crippen LogP) is 2.74. The molecule has 1 unspecified atom stereocenters. The van der Waals surface area contributed by atoms with E-state index in [0.29, 0.717) is 11.7 Å². The highest BCUT2D eigenvalue weighted by atomic mass is 16.4. The molecule has 1 heterocycles. The van der Waals surface area contributed by atoms with E-state index in [-0.39, 0.29) is 17.3 Å². The Morgan fingerprint density at radius 1 is 1.47 bits per heavy atom. The third kappa shape index (κ3) is 3.16. The van der Waals surface area contributed by atoms with Crippen LogP contribution in [0.2, 0.25) is 0 Å². The fraction of sp³-hybridized carbons (Fsp3) is 0.571. The number of aromatic carboxylic acids is 1. The van der Waals surface area contributed by atoms with Crippen molar-refractivity contribution in [3.05, 3.63) is 17.8 Å². The van der Waals surface area contributed by atoms with Gasteiger partial charge in [0.25, 0.3) is 0 Å². The van der Waals surface area contributed by atoms with Crippen molar-refractivity contribution in [3.8, 4) is 0 Å². The number of nitrogens with two attached hydrogens (primary N) is 1. The maximum atomic E-state index is 11.0. The number of pyridine rings is 1. The fourth-order valence-electron chi connectivity index (χ4n) is 2.74. The third-order valence-electron chi connectivity index (χ3n) is 3.94. The number of nitrogens with one attached hydrogen (secondary N) is 1. The van der Waals surface area contributed by atoms with E-state index in [9.17, 15) is 4.79 Å². The Morgan fingerprint density at radius 3 is 2.79 bits per heavy atom. The van der Waals surface area contributed by atoms with Crippen LogP contribution in [-0.4, -0.2) is 22.1 Å². The van der Waals surface area contributed by atoms with Gasteiger partial charge in [-0.25, -0.2) is 9.78 Å². The van der Waals surface area contributed by atoms with E-state index in [1.807, 2.05) is 0 Å². The van der Waals surface area contributed by atoms with Crippen molar-refractivity contribution in [1.82, 2.24) is 4.98 Å². The predicted molar refractivity (Wildman–Crippen MR) is 75.3 cm³/mol. The lowest BCUT2D eigenvalue weighted by molar-refractivity contribution is 0.0698. The van der Waals surface area contributed by atoms with Crippen molar-refractivity contribution in [2.45, 2.75) is 45.1 Å². The minimum absolute atomic E-state index is 0.105. The van der Waals surface area contributed by atoms with Gasteiger partial charge in [0.1, 0.15) is 5.82 Å². The van der Waals surface area contributed by atoms with Crippen LogP contribution in [0.5, 0.6) is 0 Å². The zero-order valence-corrected chi connectivity index (χ0v) is 11.2. The number of hydrogen-bond acceptors (Lipinski definition) is 4. The Labute approximate surface area is 113 Å². The summed E-state index contributed by atoms with van der Waals surface area (Å²) in [5.41, 5.74) is 6.18. The minimum Gasteiger partial charge on any atom is -0.478 e. The second kappa shape index (κ2) is 5.91. The lowest BCUT2D eigenvalue weighted by atomic mass is 9.84. The SMILES string of the molecule is CC(Nc1nccc(C(=O)O)c1N)C1CCCCC1. The van der Waals surface area contributed by atoms with Gasteiger partial charge < -0.3 is 16.2 Å². The summed E-state index contributed by atoms with van der Waals surface area (Å²) >= 11 is 0. The van der Waals surface area contributed by atoms with Crippen molar-refractivity contribution in [1.29, 1.82) is 0 Å². The topological polar surface area (TPSA) is 88.2 Å². The molecule has 5 heteroatoms. The largest absolute Gasteiger partial charge is 0.478 e. The quantitative estimate of drug-likeness (QED) is 0.777. The lowest BCUT2D eigenvalue weighted by Crippen LogP contribution is -2.28. The first kappa shape index (κ1) is 13.6. The third-order valence-corrected chi connectivity index (χ3v) is 3.94. The Bertz CT molecular complexity index is 456. The molecule has 0 saturated heterocycles. The average molecular weight is 263 g/mol. The molecule has 1 aromatic heterocycles. The van der Waals surface area contributed by atoms with Gasteiger partial charge in [-0.05, 0) is 31.7 Å². The Morgan fingerprint density at radius 2 is 2.16 bits per heavy atom. The highest BCUT2D eigenvalue weighted by Gasteiger charge is 2.21. The van der Waals surface area contributed by atoms with E-state index in [4.69, 9.17) is 10.8 Å². The lowest BCUT2D eigenvalue weighted by Gasteiger charge is -2.29. The number of aromatic nitrogens is 1. The maximum Gasteiger partial charge on any atom is 0.337 e. The molecular weight excluding hydrogens is 242 g/mol. The molecule has 4 N–H and O–H groups in total. The number of rotatable bonds is 4. The molecule has 1 aromatic rings. The van der Waals surface area contributed by atoms with E-state index in [2.05, 4.69) is 17.2 Å². The van der Waals surface area contributed by atoms with E-state index in [1.54, 1.807) is 0 Å². The fourth-order valence-corrected chi connectivity index (χ4v) is 2.74. The smallest absolute Gasteiger partial charge is 0.337 e. The minimum atomic E-state index is -1.02. The molecule has 0 radical (unpaired) electrons. The Kier molecular flexibility index (Phi) is 4.24. The molecule has 104 valence electrons. The second-order valence-electron chi connectivity index (χ2n) is 5.26. The van der Waals surface area contributed by atoms with Crippen LogP contribution in [0.3, 0.4) is 0 Å². The molecule has 1 aliphatic rings. The standard InChI is InChI=1S/C14H21N3O2/c1-9(10-5-3-2-4-6-10)17-13-12(15)11(14(18)19)7-8-16-13/h7-10H,2-6,15H2,1H3,(H,16,17)(H,18,19). The first-order valence-electron chi connectivity index (χ1n) is 6.84. The summed E-state index contributed by atoms with van der Waals surface area (Å²) in [5, 5.41) is 12.3. The van der Waals surface area contributed by atoms with Crippen LogP contribution in [-0.2, 0) is 0 Å². The monoisotopic (exact) mass is 263 g/mol. The van der Waals surface area contributed by atoms with Crippen molar-refractivity contribution < 1.29 is 9.90 Å². The van der Waals surface area contributed by atoms with Crippen LogP contribution >= 0.6 is 0 Å². The van der Waals surface area contributed by atoms with Crippen molar-refractivity contribution in [2.24, 2.45) is 5.92 Å². The van der Waals surface area contributed by atoms with Gasteiger partial charge in [-0.1, -0.05) is 19.3 Å². The van der Waals surface area contributed by atoms with Crippen LogP contribution in [0, 0.1) is 5.92 Å². The van der Waals surface area contributed by atoms with Gasteiger partial charge in [-0.3, -0.25) is 0 Å². The number of nitrogen functional groups attached to an aromatic ring is 1. The Balaban J connectivity index is 2.10. The molecule has 0 spiro atoms. The van der Waals surface area contributed by atoms with Crippen LogP contribution < -0.4 is 11.1 Å². The molecule has 0 aromatic carbocycles. The van der Waals surface area contributed by atoms with Gasteiger partial charge in [-0.2, -0.15) is 0 Å². The van der Waals surface area contributed by atoms with Gasteiger partial charge in [0.15, 0.2) is 0 Å². The van der Waals surface area contributed by atoms with Gasteiger partial charge in [0.2, 0.25) is 0 Å². The van der Waals surface area contributed by atoms with Crippen LogP contribution in [0.1, 0.15) is 49.4 Å². The van der Waals surface area contributed by atoms with Crippen molar-refractivity contribution >= 4 is 17.5 Å². The summed E-state index contributed by atoms with van der Waals surface area (Å²) in [4.78, 5) is 15.2. The van der Waals surface area contributed by atoms with E-state index in [0.717, 1.165) is 0 Å². The summed E-state index contributed by atoms with van der Waals surface area (Å²) < 4.78 is 0. The molecule has 19 heavy (non-hydrogen) atoms. The maximum absolute atomic E-state index is 11.0. The number of anilines is 2. The van der Waals surface area contributed by atoms with E-state index in [1.165, 1.54) is 44.4 Å². The molecule has 1 fully saturated rings. The van der Waals surface area contributed by atoms with Crippen molar-refractivity contribution in [2.75, 3.05) is 11.1 Å². The number of nitrogens with zero attached hydrogens (tertiary/aromatic N) is 1. The molecule has 2 rings (SSSR count). The molecule has 0 amide bonds. The second-order valence-corrected chi connectivity index (χ2v) is 5.26. The highest BCUT2D eigenvalue weighted by molar-refractivity contribution is 5.96. The molecule has 0 bridgehead atoms. The number of carboxylic acid groups (broad SMARTS) is 1. The van der Waals surface area contributed by atoms with E-state index >= 15 is 0 Å². The van der Waals surface area contributed by atoms with Gasteiger partial charge >= 0.3 is 5.97 Å². The normalized spacial score (nSPS) is 17.9. The summed E-state index contributed by atoms with van der Waals surface area (Å²) in [7, 11) is 0. The molecule has 5 nitrogen and oxygen atoms in total. The van der Waals surface area contributed by atoms with Gasteiger partial charge in [0.05, 0.1) is 11.3 Å². The van der Waals surface area contributed by atoms with Crippen LogP contribution in [0.15, 0.2) is 12.3 Å². The number of hydrogen-bond donors (Lipinski definition) is 3. The average Bonchev–Trinajstić information content (AvgIpc) is 2.41. The van der Waals surface area contributed by atoms with Crippen LogP contribution in [0.4, 0.5) is 11.5 Å². The first-order chi connectivity index (χ1) is 9.09. The van der Waals surface area contributed by atoms with Crippen LogP contribution in [0.25, 0.3) is 0 Å². The molecule has 1 atom stereocenters. The molecular formula is C14H21N3O2. The molecule has 1 aliphatic carbocycles. The van der Waals surface area contributed by atoms with Crippen molar-refractivity contribution in [3.63, 3.8) is 0 Å². The summed E-state index contributed by atoms with van der Waals surface area (Å²) in [5.74, 6) is 0.0784. The zero-order chi connectivity index (χ0) is 13.8. The van der Waals surface area contributed by atoms with E-state index < -0.39 is 5.97 Å². The highest BCUT2D eigenvalue weighted by Crippen LogP contribution is 2.29. The summed E-state index contributed by atoms with van der Waals surface area (Å²) in [6, 6.07) is 1.69.